The summed E-state index contributed by atoms with van der Waals surface area (Å²) in [4.78, 5) is 0. The first-order valence-electron chi connectivity index (χ1n) is 9.96. The Hall–Kier alpha value is -0.0800. The summed E-state index contributed by atoms with van der Waals surface area (Å²) in [5.74, 6) is 4.24. The quantitative estimate of drug-likeness (QED) is 0.720. The molecule has 0 radical (unpaired) electrons. The standard InChI is InChI=1S/C20H32O2/c1-19-10-3-2-4-13(19)5-7-15-16(19)9-11-20-14(6-8-17(15)20)12-22-18(20)21/h13-18,21H,2-12H2,1H3/t13-,14-,15-,16+,17+,18?,19+,20?/m1/s1. The summed E-state index contributed by atoms with van der Waals surface area (Å²) in [6.45, 7) is 3.47. The summed E-state index contributed by atoms with van der Waals surface area (Å²) in [5, 5.41) is 10.6. The monoisotopic (exact) mass is 304 g/mol. The Bertz CT molecular complexity index is 463. The van der Waals surface area contributed by atoms with Crippen LogP contribution in [0.25, 0.3) is 0 Å². The summed E-state index contributed by atoms with van der Waals surface area (Å²) in [7, 11) is 0. The minimum Gasteiger partial charge on any atom is -0.367 e. The number of hydrogen-bond donors (Lipinski definition) is 1. The summed E-state index contributed by atoms with van der Waals surface area (Å²) >= 11 is 0. The highest BCUT2D eigenvalue weighted by atomic mass is 16.6. The number of aliphatic hydroxyl groups excluding tert-OH is 1. The molecule has 5 rings (SSSR count). The first-order valence-corrected chi connectivity index (χ1v) is 9.96. The molecule has 5 fully saturated rings. The van der Waals surface area contributed by atoms with Crippen molar-refractivity contribution in [1.82, 2.24) is 0 Å². The van der Waals surface area contributed by atoms with Crippen LogP contribution in [0.3, 0.4) is 0 Å². The van der Waals surface area contributed by atoms with Crippen LogP contribution in [0.2, 0.25) is 0 Å². The third-order valence-electron chi connectivity index (χ3n) is 9.26. The molecule has 0 aromatic carbocycles. The van der Waals surface area contributed by atoms with Gasteiger partial charge in [0.15, 0.2) is 6.29 Å². The van der Waals surface area contributed by atoms with Crippen LogP contribution in [-0.4, -0.2) is 18.0 Å². The van der Waals surface area contributed by atoms with Gasteiger partial charge >= 0.3 is 0 Å². The van der Waals surface area contributed by atoms with E-state index in [1.165, 1.54) is 64.2 Å². The summed E-state index contributed by atoms with van der Waals surface area (Å²) in [5.41, 5.74) is 0.768. The molecule has 22 heavy (non-hydrogen) atoms. The first kappa shape index (κ1) is 14.3. The van der Waals surface area contributed by atoms with E-state index in [-0.39, 0.29) is 5.41 Å². The second-order valence-electron chi connectivity index (χ2n) is 9.51. The Morgan fingerprint density at radius 2 is 1.73 bits per heavy atom. The topological polar surface area (TPSA) is 29.5 Å². The highest BCUT2D eigenvalue weighted by Gasteiger charge is 2.65. The molecule has 4 aliphatic carbocycles. The van der Waals surface area contributed by atoms with Crippen LogP contribution in [-0.2, 0) is 4.74 Å². The van der Waals surface area contributed by atoms with Crippen molar-refractivity contribution in [3.05, 3.63) is 0 Å². The minimum absolute atomic E-state index is 0.152. The molecule has 0 aromatic rings. The molecule has 0 aromatic heterocycles. The average Bonchev–Trinajstić information content (AvgIpc) is 3.04. The molecule has 4 saturated carbocycles. The molecule has 2 nitrogen and oxygen atoms in total. The maximum Gasteiger partial charge on any atom is 0.160 e. The molecule has 2 heteroatoms. The molecular formula is C20H32O2. The normalized spacial score (nSPS) is 60.3. The van der Waals surface area contributed by atoms with Gasteiger partial charge in [-0.15, -0.1) is 0 Å². The largest absolute Gasteiger partial charge is 0.367 e. The van der Waals surface area contributed by atoms with Gasteiger partial charge in [-0.05, 0) is 86.4 Å². The molecule has 5 aliphatic rings. The van der Waals surface area contributed by atoms with Crippen molar-refractivity contribution in [1.29, 1.82) is 0 Å². The van der Waals surface area contributed by atoms with E-state index >= 15 is 0 Å². The second-order valence-corrected chi connectivity index (χ2v) is 9.51. The SMILES string of the molecule is C[C@]12CCCC[C@@H]1CC[C@H]1[C@@H]3CC[C@@H]4COC(O)C43CC[C@@H]12. The highest BCUT2D eigenvalue weighted by molar-refractivity contribution is 5.12. The Morgan fingerprint density at radius 1 is 0.864 bits per heavy atom. The number of aliphatic hydroxyl groups is 1. The molecule has 1 spiro atoms. The van der Waals surface area contributed by atoms with Crippen molar-refractivity contribution >= 4 is 0 Å². The number of ether oxygens (including phenoxy) is 1. The van der Waals surface area contributed by atoms with E-state index < -0.39 is 6.29 Å². The zero-order chi connectivity index (χ0) is 14.9. The molecule has 8 atom stereocenters. The predicted molar refractivity (Wildman–Crippen MR) is 86.1 cm³/mol. The molecule has 0 amide bonds. The van der Waals surface area contributed by atoms with Crippen molar-refractivity contribution in [2.45, 2.75) is 77.4 Å². The maximum absolute atomic E-state index is 10.6. The van der Waals surface area contributed by atoms with Gasteiger partial charge in [0.1, 0.15) is 0 Å². The van der Waals surface area contributed by atoms with Gasteiger partial charge in [0, 0.05) is 5.41 Å². The van der Waals surface area contributed by atoms with Gasteiger partial charge in [-0.25, -0.2) is 0 Å². The predicted octanol–water partition coefficient (Wildman–Crippen LogP) is 4.36. The third kappa shape index (κ3) is 1.59. The summed E-state index contributed by atoms with van der Waals surface area (Å²) in [6.07, 6.45) is 13.6. The van der Waals surface area contributed by atoms with Gasteiger partial charge in [-0.1, -0.05) is 19.8 Å². The second kappa shape index (κ2) is 4.72. The lowest BCUT2D eigenvalue weighted by atomic mass is 9.44. The van der Waals surface area contributed by atoms with E-state index in [0.29, 0.717) is 11.3 Å². The van der Waals surface area contributed by atoms with Gasteiger partial charge in [0.25, 0.3) is 0 Å². The van der Waals surface area contributed by atoms with E-state index in [2.05, 4.69) is 6.92 Å². The van der Waals surface area contributed by atoms with E-state index in [0.717, 1.165) is 30.3 Å². The summed E-state index contributed by atoms with van der Waals surface area (Å²) < 4.78 is 5.75. The average molecular weight is 304 g/mol. The Morgan fingerprint density at radius 3 is 2.64 bits per heavy atom. The molecular weight excluding hydrogens is 272 g/mol. The fraction of sp³-hybridized carbons (Fsp3) is 1.00. The van der Waals surface area contributed by atoms with Crippen LogP contribution >= 0.6 is 0 Å². The smallest absolute Gasteiger partial charge is 0.160 e. The number of rotatable bonds is 0. The van der Waals surface area contributed by atoms with Crippen LogP contribution in [0.1, 0.15) is 71.1 Å². The Kier molecular flexibility index (Phi) is 3.07. The van der Waals surface area contributed by atoms with Crippen molar-refractivity contribution in [2.24, 2.45) is 40.4 Å². The zero-order valence-electron chi connectivity index (χ0n) is 14.1. The Labute approximate surface area is 135 Å². The van der Waals surface area contributed by atoms with Crippen LogP contribution in [0.4, 0.5) is 0 Å². The molecule has 124 valence electrons. The van der Waals surface area contributed by atoms with Gasteiger partial charge in [0.2, 0.25) is 0 Å². The van der Waals surface area contributed by atoms with E-state index in [1.54, 1.807) is 0 Å². The number of fused-ring (bicyclic) bond motifs is 4. The maximum atomic E-state index is 10.6. The van der Waals surface area contributed by atoms with E-state index in [9.17, 15) is 5.11 Å². The van der Waals surface area contributed by atoms with Gasteiger partial charge in [-0.2, -0.15) is 0 Å². The van der Waals surface area contributed by atoms with Gasteiger partial charge in [-0.3, -0.25) is 0 Å². The van der Waals surface area contributed by atoms with Gasteiger partial charge in [0.05, 0.1) is 6.61 Å². The molecule has 1 heterocycles. The van der Waals surface area contributed by atoms with Crippen molar-refractivity contribution in [3.8, 4) is 0 Å². The molecule has 1 N–H and O–H groups in total. The molecule has 2 unspecified atom stereocenters. The highest BCUT2D eigenvalue weighted by Crippen LogP contribution is 2.69. The van der Waals surface area contributed by atoms with Crippen LogP contribution < -0.4 is 0 Å². The first-order chi connectivity index (χ1) is 10.7. The van der Waals surface area contributed by atoms with Crippen LogP contribution in [0, 0.1) is 40.4 Å². The zero-order valence-corrected chi connectivity index (χ0v) is 14.1. The lowest BCUT2D eigenvalue weighted by Gasteiger charge is -2.60. The van der Waals surface area contributed by atoms with E-state index in [4.69, 9.17) is 4.74 Å². The van der Waals surface area contributed by atoms with Crippen LogP contribution in [0.5, 0.6) is 0 Å². The Balaban J connectivity index is 1.49. The number of hydrogen-bond acceptors (Lipinski definition) is 2. The molecule has 0 bridgehead atoms. The van der Waals surface area contributed by atoms with Crippen molar-refractivity contribution in [2.75, 3.05) is 6.61 Å². The van der Waals surface area contributed by atoms with Crippen molar-refractivity contribution in [3.63, 3.8) is 0 Å². The molecule has 1 saturated heterocycles. The minimum atomic E-state index is -0.456. The van der Waals surface area contributed by atoms with Crippen molar-refractivity contribution < 1.29 is 9.84 Å². The van der Waals surface area contributed by atoms with E-state index in [1.807, 2.05) is 0 Å². The molecule has 1 aliphatic heterocycles. The van der Waals surface area contributed by atoms with Crippen LogP contribution in [0.15, 0.2) is 0 Å². The fourth-order valence-electron chi connectivity index (χ4n) is 8.24. The summed E-state index contributed by atoms with van der Waals surface area (Å²) in [6, 6.07) is 0. The lowest BCUT2D eigenvalue weighted by molar-refractivity contribution is -0.184. The lowest BCUT2D eigenvalue weighted by Crippen LogP contribution is -2.55. The fourth-order valence-corrected chi connectivity index (χ4v) is 8.24. The van der Waals surface area contributed by atoms with Gasteiger partial charge < -0.3 is 9.84 Å². The third-order valence-corrected chi connectivity index (χ3v) is 9.26.